The van der Waals surface area contributed by atoms with Gasteiger partial charge in [0, 0.05) is 25.4 Å². The Morgan fingerprint density at radius 3 is 2.55 bits per heavy atom. The number of fused-ring (bicyclic) bond motifs is 1. The molecule has 0 bridgehead atoms. The molecule has 0 spiro atoms. The van der Waals surface area contributed by atoms with Crippen molar-refractivity contribution in [3.8, 4) is 0 Å². The van der Waals surface area contributed by atoms with E-state index in [0.717, 1.165) is 28.3 Å². The molecule has 0 aliphatic rings. The van der Waals surface area contributed by atoms with Crippen molar-refractivity contribution in [2.75, 3.05) is 19.0 Å². The van der Waals surface area contributed by atoms with Gasteiger partial charge in [0.25, 0.3) is 0 Å². The Bertz CT molecular complexity index is 732. The number of hydrogen-bond acceptors (Lipinski definition) is 4. The average Bonchev–Trinajstić information content (AvgIpc) is 2.79. The summed E-state index contributed by atoms with van der Waals surface area (Å²) in [5.74, 6) is 1.89. The van der Waals surface area contributed by atoms with Crippen LogP contribution in [0.15, 0.2) is 36.4 Å². The molecule has 0 unspecified atom stereocenters. The first kappa shape index (κ1) is 13.1. The molecule has 102 valence electrons. The van der Waals surface area contributed by atoms with E-state index in [-0.39, 0.29) is 0 Å². The Morgan fingerprint density at radius 1 is 1.10 bits per heavy atom. The van der Waals surface area contributed by atoms with Crippen molar-refractivity contribution in [3.05, 3.63) is 52.7 Å². The van der Waals surface area contributed by atoms with Crippen molar-refractivity contribution in [2.45, 2.75) is 13.3 Å². The summed E-state index contributed by atoms with van der Waals surface area (Å²) in [6, 6.07) is 12.5. The molecule has 0 saturated heterocycles. The molecule has 3 rings (SSSR count). The normalized spacial score (nSPS) is 10.9. The van der Waals surface area contributed by atoms with Gasteiger partial charge >= 0.3 is 0 Å². The van der Waals surface area contributed by atoms with Crippen LogP contribution in [0.4, 0.5) is 5.82 Å². The third kappa shape index (κ3) is 2.51. The summed E-state index contributed by atoms with van der Waals surface area (Å²) < 4.78 is 0. The second-order valence-electron chi connectivity index (χ2n) is 5.10. The quantitative estimate of drug-likeness (QED) is 0.734. The zero-order valence-electron chi connectivity index (χ0n) is 11.9. The number of rotatable bonds is 3. The molecule has 0 atom stereocenters. The molecule has 0 amide bonds. The lowest BCUT2D eigenvalue weighted by Gasteiger charge is -2.13. The van der Waals surface area contributed by atoms with Crippen LogP contribution in [-0.4, -0.2) is 24.1 Å². The number of anilines is 1. The van der Waals surface area contributed by atoms with Crippen LogP contribution < -0.4 is 4.90 Å². The minimum Gasteiger partial charge on any atom is -0.362 e. The van der Waals surface area contributed by atoms with Crippen LogP contribution in [0, 0.1) is 6.92 Å². The molecule has 2 heterocycles. The molecular weight excluding hydrogens is 266 g/mol. The molecule has 0 saturated carbocycles. The number of hydrogen-bond donors (Lipinski definition) is 0. The Kier molecular flexibility index (Phi) is 3.40. The van der Waals surface area contributed by atoms with Gasteiger partial charge in [0.2, 0.25) is 0 Å². The third-order valence-corrected chi connectivity index (χ3v) is 4.12. The summed E-state index contributed by atoms with van der Waals surface area (Å²) in [4.78, 5) is 13.9. The van der Waals surface area contributed by atoms with Crippen LogP contribution in [-0.2, 0) is 6.42 Å². The van der Waals surface area contributed by atoms with Crippen LogP contribution >= 0.6 is 11.3 Å². The maximum atomic E-state index is 4.73. The predicted molar refractivity (Wildman–Crippen MR) is 85.7 cm³/mol. The van der Waals surface area contributed by atoms with E-state index in [1.165, 1.54) is 10.4 Å². The lowest BCUT2D eigenvalue weighted by atomic mass is 10.1. The van der Waals surface area contributed by atoms with Crippen LogP contribution in [0.2, 0.25) is 0 Å². The number of aryl methyl sites for hydroxylation is 1. The van der Waals surface area contributed by atoms with E-state index in [1.54, 1.807) is 11.3 Å². The molecule has 0 radical (unpaired) electrons. The minimum absolute atomic E-state index is 0.772. The fourth-order valence-corrected chi connectivity index (χ4v) is 3.16. The Balaban J connectivity index is 2.07. The topological polar surface area (TPSA) is 29.0 Å². The van der Waals surface area contributed by atoms with Crippen LogP contribution in [0.3, 0.4) is 0 Å². The number of aromatic nitrogens is 2. The van der Waals surface area contributed by atoms with Gasteiger partial charge < -0.3 is 4.90 Å². The van der Waals surface area contributed by atoms with E-state index in [2.05, 4.69) is 42.2 Å². The third-order valence-electron chi connectivity index (χ3n) is 3.17. The summed E-state index contributed by atoms with van der Waals surface area (Å²) >= 11 is 1.73. The van der Waals surface area contributed by atoms with Gasteiger partial charge in [-0.05, 0) is 18.6 Å². The van der Waals surface area contributed by atoms with Gasteiger partial charge in [-0.1, -0.05) is 30.3 Å². The van der Waals surface area contributed by atoms with E-state index in [1.807, 2.05) is 20.2 Å². The second kappa shape index (κ2) is 5.21. The van der Waals surface area contributed by atoms with Gasteiger partial charge in [-0.25, -0.2) is 9.97 Å². The number of benzene rings is 1. The number of thiophene rings is 1. The molecule has 0 aliphatic carbocycles. The van der Waals surface area contributed by atoms with Gasteiger partial charge in [-0.15, -0.1) is 11.3 Å². The van der Waals surface area contributed by atoms with Gasteiger partial charge in [0.05, 0.1) is 5.39 Å². The summed E-state index contributed by atoms with van der Waals surface area (Å²) in [6.07, 6.45) is 0.772. The Hall–Kier alpha value is -1.94. The monoisotopic (exact) mass is 283 g/mol. The first-order valence-electron chi connectivity index (χ1n) is 6.62. The van der Waals surface area contributed by atoms with E-state index >= 15 is 0 Å². The van der Waals surface area contributed by atoms with E-state index < -0.39 is 0 Å². The van der Waals surface area contributed by atoms with E-state index in [4.69, 9.17) is 9.97 Å². The highest BCUT2D eigenvalue weighted by atomic mass is 32.1. The highest BCUT2D eigenvalue weighted by Crippen LogP contribution is 2.30. The smallest absolute Gasteiger partial charge is 0.140 e. The minimum atomic E-state index is 0.772. The van der Waals surface area contributed by atoms with Crippen molar-refractivity contribution >= 4 is 27.4 Å². The molecule has 0 aliphatic heterocycles. The highest BCUT2D eigenvalue weighted by molar-refractivity contribution is 7.18. The molecular formula is C16H17N3S. The fraction of sp³-hybridized carbons (Fsp3) is 0.250. The zero-order valence-corrected chi connectivity index (χ0v) is 12.7. The molecule has 4 heteroatoms. The summed E-state index contributed by atoms with van der Waals surface area (Å²) in [5.41, 5.74) is 1.24. The van der Waals surface area contributed by atoms with E-state index in [0.29, 0.717) is 0 Å². The Labute approximate surface area is 122 Å². The summed E-state index contributed by atoms with van der Waals surface area (Å²) in [6.45, 7) is 2.11. The summed E-state index contributed by atoms with van der Waals surface area (Å²) in [5, 5.41) is 1.15. The van der Waals surface area contributed by atoms with Gasteiger partial charge in [0.15, 0.2) is 0 Å². The molecule has 2 aromatic heterocycles. The van der Waals surface area contributed by atoms with Gasteiger partial charge in [-0.2, -0.15) is 0 Å². The van der Waals surface area contributed by atoms with Crippen molar-refractivity contribution in [2.24, 2.45) is 0 Å². The second-order valence-corrected chi connectivity index (χ2v) is 6.33. The van der Waals surface area contributed by atoms with E-state index in [9.17, 15) is 0 Å². The van der Waals surface area contributed by atoms with Crippen LogP contribution in [0.25, 0.3) is 10.2 Å². The standard InChI is InChI=1S/C16H17N3S/c1-11-9-13-15(19(2)3)17-14(18-16(13)20-11)10-12-7-5-4-6-8-12/h4-9H,10H2,1-3H3. The van der Waals surface area contributed by atoms with Gasteiger partial charge in [0.1, 0.15) is 16.5 Å². The van der Waals surface area contributed by atoms with Crippen LogP contribution in [0.5, 0.6) is 0 Å². The number of nitrogens with zero attached hydrogens (tertiary/aromatic N) is 3. The molecule has 3 nitrogen and oxygen atoms in total. The van der Waals surface area contributed by atoms with Crippen molar-refractivity contribution in [3.63, 3.8) is 0 Å². The Morgan fingerprint density at radius 2 is 1.85 bits per heavy atom. The maximum Gasteiger partial charge on any atom is 0.140 e. The fourth-order valence-electron chi connectivity index (χ4n) is 2.27. The molecule has 1 aromatic carbocycles. The molecule has 20 heavy (non-hydrogen) atoms. The molecule has 3 aromatic rings. The van der Waals surface area contributed by atoms with Crippen molar-refractivity contribution in [1.82, 2.24) is 9.97 Å². The molecule has 0 fully saturated rings. The van der Waals surface area contributed by atoms with Crippen molar-refractivity contribution in [1.29, 1.82) is 0 Å². The lowest BCUT2D eigenvalue weighted by molar-refractivity contribution is 0.964. The molecule has 0 N–H and O–H groups in total. The van der Waals surface area contributed by atoms with Crippen LogP contribution in [0.1, 0.15) is 16.3 Å². The SMILES string of the molecule is Cc1cc2c(N(C)C)nc(Cc3ccccc3)nc2s1. The highest BCUT2D eigenvalue weighted by Gasteiger charge is 2.12. The van der Waals surface area contributed by atoms with Gasteiger partial charge in [-0.3, -0.25) is 0 Å². The van der Waals surface area contributed by atoms with Crippen molar-refractivity contribution < 1.29 is 0 Å². The first-order chi connectivity index (χ1) is 9.63. The zero-order chi connectivity index (χ0) is 14.1. The largest absolute Gasteiger partial charge is 0.362 e. The predicted octanol–water partition coefficient (Wildman–Crippen LogP) is 3.66. The summed E-state index contributed by atoms with van der Waals surface area (Å²) in [7, 11) is 4.06. The maximum absolute atomic E-state index is 4.73. The lowest BCUT2D eigenvalue weighted by Crippen LogP contribution is -2.12. The first-order valence-corrected chi connectivity index (χ1v) is 7.43. The average molecular weight is 283 g/mol.